The fourth-order valence-electron chi connectivity index (χ4n) is 4.67. The van der Waals surface area contributed by atoms with Gasteiger partial charge in [0, 0.05) is 37.1 Å². The van der Waals surface area contributed by atoms with Crippen molar-refractivity contribution in [2.24, 2.45) is 16.8 Å². The van der Waals surface area contributed by atoms with Crippen LogP contribution in [0.4, 0.5) is 0 Å². The second-order valence-electron chi connectivity index (χ2n) is 8.74. The van der Waals surface area contributed by atoms with Gasteiger partial charge in [0.25, 0.3) is 0 Å². The molecule has 3 heterocycles. The Morgan fingerprint density at radius 1 is 1.24 bits per heavy atom. The number of nitrogens with one attached hydrogen (secondary N) is 2. The molecule has 1 aromatic rings. The fourth-order valence-corrected chi connectivity index (χ4v) is 5.66. The van der Waals surface area contributed by atoms with E-state index in [1.165, 1.54) is 50.2 Å². The molecule has 5 nitrogen and oxygen atoms in total. The zero-order valence-electron chi connectivity index (χ0n) is 18.6. The molecule has 1 aromatic heterocycles. The van der Waals surface area contributed by atoms with Gasteiger partial charge in [-0.1, -0.05) is 13.0 Å². The molecular weight excluding hydrogens is 493 g/mol. The van der Waals surface area contributed by atoms with E-state index in [4.69, 9.17) is 0 Å². The number of rotatable bonds is 6. The SMILES string of the molecule is CN=C(NCC1CCCN(C)C1c1cccs1)NCC(C)N1CCC(C)CC1.I. The van der Waals surface area contributed by atoms with E-state index >= 15 is 0 Å². The van der Waals surface area contributed by atoms with E-state index in [0.717, 1.165) is 25.0 Å². The van der Waals surface area contributed by atoms with E-state index in [9.17, 15) is 0 Å². The Balaban J connectivity index is 0.00000300. The summed E-state index contributed by atoms with van der Waals surface area (Å²) < 4.78 is 0. The van der Waals surface area contributed by atoms with Crippen molar-refractivity contribution in [3.63, 3.8) is 0 Å². The summed E-state index contributed by atoms with van der Waals surface area (Å²) in [5.41, 5.74) is 0. The summed E-state index contributed by atoms with van der Waals surface area (Å²) in [6, 6.07) is 5.54. The Morgan fingerprint density at radius 3 is 2.66 bits per heavy atom. The lowest BCUT2D eigenvalue weighted by Crippen LogP contribution is -2.49. The number of guanidine groups is 1. The minimum atomic E-state index is 0. The topological polar surface area (TPSA) is 42.9 Å². The van der Waals surface area contributed by atoms with Gasteiger partial charge in [-0.2, -0.15) is 0 Å². The molecule has 3 unspecified atom stereocenters. The van der Waals surface area contributed by atoms with Gasteiger partial charge in [-0.3, -0.25) is 14.8 Å². The van der Waals surface area contributed by atoms with Gasteiger partial charge in [0.15, 0.2) is 5.96 Å². The molecule has 0 aliphatic carbocycles. The lowest BCUT2D eigenvalue weighted by Gasteiger charge is -2.39. The van der Waals surface area contributed by atoms with Crippen molar-refractivity contribution >= 4 is 41.3 Å². The summed E-state index contributed by atoms with van der Waals surface area (Å²) in [6.45, 7) is 10.3. The van der Waals surface area contributed by atoms with Crippen molar-refractivity contribution in [1.29, 1.82) is 0 Å². The average molecular weight is 534 g/mol. The number of hydrogen-bond donors (Lipinski definition) is 2. The maximum absolute atomic E-state index is 4.47. The molecule has 2 saturated heterocycles. The van der Waals surface area contributed by atoms with E-state index in [2.05, 4.69) is 63.8 Å². The van der Waals surface area contributed by atoms with Crippen LogP contribution in [-0.2, 0) is 0 Å². The van der Waals surface area contributed by atoms with Crippen molar-refractivity contribution in [3.05, 3.63) is 22.4 Å². The van der Waals surface area contributed by atoms with Crippen LogP contribution in [-0.4, -0.2) is 68.6 Å². The van der Waals surface area contributed by atoms with Crippen molar-refractivity contribution in [2.45, 2.75) is 51.6 Å². The summed E-state index contributed by atoms with van der Waals surface area (Å²) in [5, 5.41) is 9.38. The number of likely N-dealkylation sites (tertiary alicyclic amines) is 2. The average Bonchev–Trinajstić information content (AvgIpc) is 3.22. The molecule has 166 valence electrons. The molecule has 0 saturated carbocycles. The van der Waals surface area contributed by atoms with Crippen LogP contribution in [0.25, 0.3) is 0 Å². The van der Waals surface area contributed by atoms with Crippen molar-refractivity contribution in [3.8, 4) is 0 Å². The fraction of sp³-hybridized carbons (Fsp3) is 0.773. The maximum atomic E-state index is 4.47. The van der Waals surface area contributed by atoms with Gasteiger partial charge in [-0.25, -0.2) is 0 Å². The molecule has 3 atom stereocenters. The van der Waals surface area contributed by atoms with Crippen LogP contribution in [0.5, 0.6) is 0 Å². The standard InChI is InChI=1S/C22H39N5S.HI/c1-17-9-12-27(13-10-17)18(2)15-24-22(23-3)25-16-19-7-5-11-26(4)21(19)20-8-6-14-28-20;/h6,8,14,17-19,21H,5,7,9-13,15-16H2,1-4H3,(H2,23,24,25);1H. The predicted molar refractivity (Wildman–Crippen MR) is 137 cm³/mol. The van der Waals surface area contributed by atoms with Crippen molar-refractivity contribution in [2.75, 3.05) is 46.8 Å². The molecule has 2 aliphatic heterocycles. The summed E-state index contributed by atoms with van der Waals surface area (Å²) in [5.74, 6) is 2.45. The summed E-state index contributed by atoms with van der Waals surface area (Å²) in [7, 11) is 4.15. The van der Waals surface area contributed by atoms with Crippen LogP contribution in [0.2, 0.25) is 0 Å². The first kappa shape index (κ1) is 24.9. The normalized spacial score (nSPS) is 26.0. The van der Waals surface area contributed by atoms with E-state index in [1.807, 2.05) is 18.4 Å². The first-order chi connectivity index (χ1) is 13.6. The molecule has 0 spiro atoms. The van der Waals surface area contributed by atoms with Gasteiger partial charge < -0.3 is 10.6 Å². The van der Waals surface area contributed by atoms with Crippen LogP contribution < -0.4 is 10.6 Å². The molecule has 2 fully saturated rings. The van der Waals surface area contributed by atoms with E-state index < -0.39 is 0 Å². The minimum absolute atomic E-state index is 0. The zero-order chi connectivity index (χ0) is 19.9. The highest BCUT2D eigenvalue weighted by molar-refractivity contribution is 14.0. The Hall–Kier alpha value is -0.380. The third kappa shape index (κ3) is 7.08. The molecule has 0 bridgehead atoms. The molecule has 0 aromatic carbocycles. The van der Waals surface area contributed by atoms with Crippen molar-refractivity contribution in [1.82, 2.24) is 20.4 Å². The molecule has 3 rings (SSSR count). The van der Waals surface area contributed by atoms with Gasteiger partial charge in [-0.15, -0.1) is 35.3 Å². The molecule has 7 heteroatoms. The summed E-state index contributed by atoms with van der Waals surface area (Å²) in [6.07, 6.45) is 5.22. The van der Waals surface area contributed by atoms with E-state index in [1.54, 1.807) is 0 Å². The second-order valence-corrected chi connectivity index (χ2v) is 9.72. The monoisotopic (exact) mass is 533 g/mol. The minimum Gasteiger partial charge on any atom is -0.356 e. The highest BCUT2D eigenvalue weighted by Crippen LogP contribution is 2.36. The number of thiophene rings is 1. The maximum Gasteiger partial charge on any atom is 0.191 e. The quantitative estimate of drug-likeness (QED) is 0.329. The number of piperidine rings is 2. The van der Waals surface area contributed by atoms with Gasteiger partial charge in [0.2, 0.25) is 0 Å². The van der Waals surface area contributed by atoms with Crippen LogP contribution in [0, 0.1) is 11.8 Å². The Bertz CT molecular complexity index is 600. The Morgan fingerprint density at radius 2 is 2.00 bits per heavy atom. The van der Waals surface area contributed by atoms with Gasteiger partial charge in [-0.05, 0) is 82.6 Å². The highest BCUT2D eigenvalue weighted by atomic mass is 127. The smallest absolute Gasteiger partial charge is 0.191 e. The molecule has 0 radical (unpaired) electrons. The van der Waals surface area contributed by atoms with Gasteiger partial charge in [0.1, 0.15) is 0 Å². The van der Waals surface area contributed by atoms with Gasteiger partial charge in [0.05, 0.1) is 0 Å². The Kier molecular flexibility index (Phi) is 10.7. The lowest BCUT2D eigenvalue weighted by molar-refractivity contribution is 0.125. The molecular formula is C22H40IN5S. The third-order valence-corrected chi connectivity index (χ3v) is 7.55. The number of aliphatic imine (C=N–C) groups is 1. The number of halogens is 1. The molecule has 2 N–H and O–H groups in total. The van der Waals surface area contributed by atoms with Crippen LogP contribution in [0.15, 0.2) is 22.5 Å². The number of hydrogen-bond acceptors (Lipinski definition) is 4. The van der Waals surface area contributed by atoms with E-state index in [-0.39, 0.29) is 24.0 Å². The Labute approximate surface area is 198 Å². The van der Waals surface area contributed by atoms with Gasteiger partial charge >= 0.3 is 0 Å². The third-order valence-electron chi connectivity index (χ3n) is 6.60. The van der Waals surface area contributed by atoms with E-state index in [0.29, 0.717) is 18.0 Å². The first-order valence-electron chi connectivity index (χ1n) is 11.0. The van der Waals surface area contributed by atoms with Crippen LogP contribution in [0.1, 0.15) is 50.4 Å². The first-order valence-corrected chi connectivity index (χ1v) is 11.9. The molecule has 0 amide bonds. The lowest BCUT2D eigenvalue weighted by atomic mass is 9.88. The van der Waals surface area contributed by atoms with Crippen LogP contribution >= 0.6 is 35.3 Å². The zero-order valence-corrected chi connectivity index (χ0v) is 21.7. The largest absolute Gasteiger partial charge is 0.356 e. The highest BCUT2D eigenvalue weighted by Gasteiger charge is 2.31. The summed E-state index contributed by atoms with van der Waals surface area (Å²) >= 11 is 1.89. The molecule has 29 heavy (non-hydrogen) atoms. The predicted octanol–water partition coefficient (Wildman–Crippen LogP) is 4.03. The number of nitrogens with zero attached hydrogens (tertiary/aromatic N) is 3. The molecule has 2 aliphatic rings. The van der Waals surface area contributed by atoms with Crippen LogP contribution in [0.3, 0.4) is 0 Å². The summed E-state index contributed by atoms with van der Waals surface area (Å²) in [4.78, 5) is 11.1. The second kappa shape index (κ2) is 12.5. The van der Waals surface area contributed by atoms with Crippen molar-refractivity contribution < 1.29 is 0 Å².